The van der Waals surface area contributed by atoms with E-state index in [1.807, 2.05) is 72.8 Å². The average molecular weight is 547 g/mol. The van der Waals surface area contributed by atoms with Crippen molar-refractivity contribution in [3.63, 3.8) is 0 Å². The van der Waals surface area contributed by atoms with Gasteiger partial charge >= 0.3 is 0 Å². The van der Waals surface area contributed by atoms with E-state index in [4.69, 9.17) is 16.3 Å². The van der Waals surface area contributed by atoms with E-state index in [0.29, 0.717) is 17.2 Å². The molecule has 0 aliphatic heterocycles. The molecule has 0 saturated heterocycles. The molecule has 0 unspecified atom stereocenters. The lowest BCUT2D eigenvalue weighted by molar-refractivity contribution is -0.143. The maximum Gasteiger partial charge on any atom is 0.261 e. The first-order chi connectivity index (χ1) is 18.7. The van der Waals surface area contributed by atoms with Gasteiger partial charge in [-0.15, -0.1) is 0 Å². The molecule has 1 aliphatic rings. The zero-order valence-electron chi connectivity index (χ0n) is 23.2. The second-order valence-corrected chi connectivity index (χ2v) is 11.8. The van der Waals surface area contributed by atoms with Crippen molar-refractivity contribution in [2.24, 2.45) is 0 Å². The molecule has 0 heterocycles. The molecule has 1 N–H and O–H groups in total. The second-order valence-electron chi connectivity index (χ2n) is 11.4. The number of nitrogens with zero attached hydrogens (tertiary/aromatic N) is 1. The lowest BCUT2D eigenvalue weighted by Gasteiger charge is -2.32. The van der Waals surface area contributed by atoms with Crippen molar-refractivity contribution in [3.8, 4) is 5.75 Å². The molecule has 6 heteroatoms. The molecule has 1 fully saturated rings. The maximum atomic E-state index is 13.8. The first-order valence-electron chi connectivity index (χ1n) is 13.8. The Morgan fingerprint density at radius 3 is 2.23 bits per heavy atom. The molecule has 5 nitrogen and oxygen atoms in total. The largest absolute Gasteiger partial charge is 0.484 e. The molecule has 2 amide bonds. The standard InChI is InChI=1S/C33H39ClN2O3/c1-33(2,3)26-17-19-28(20-18-26)39-23-31(37)36(22-25-13-7-10-16-29(25)34)30(21-24-11-5-4-6-12-24)32(38)35-27-14-8-9-15-27/h4-7,10-13,16-20,27,30H,8-9,14-15,21-23H2,1-3H3,(H,35,38)/t30-/m1/s1. The summed E-state index contributed by atoms with van der Waals surface area (Å²) in [5.74, 6) is 0.210. The predicted molar refractivity (Wildman–Crippen MR) is 157 cm³/mol. The summed E-state index contributed by atoms with van der Waals surface area (Å²) >= 11 is 6.51. The fourth-order valence-corrected chi connectivity index (χ4v) is 5.21. The highest BCUT2D eigenvalue weighted by atomic mass is 35.5. The number of hydrogen-bond donors (Lipinski definition) is 1. The first-order valence-corrected chi connectivity index (χ1v) is 14.2. The van der Waals surface area contributed by atoms with E-state index in [1.165, 1.54) is 5.56 Å². The fraction of sp³-hybridized carbons (Fsp3) is 0.394. The normalized spacial score (nSPS) is 14.6. The van der Waals surface area contributed by atoms with Gasteiger partial charge in [-0.25, -0.2) is 0 Å². The van der Waals surface area contributed by atoms with Crippen molar-refractivity contribution in [1.82, 2.24) is 10.2 Å². The van der Waals surface area contributed by atoms with Crippen molar-refractivity contribution in [2.75, 3.05) is 6.61 Å². The molecule has 1 saturated carbocycles. The number of amides is 2. The molecule has 3 aromatic carbocycles. The van der Waals surface area contributed by atoms with Gasteiger partial charge in [0.25, 0.3) is 5.91 Å². The quantitative estimate of drug-likeness (QED) is 0.307. The number of hydrogen-bond acceptors (Lipinski definition) is 3. The molecule has 4 rings (SSSR count). The highest BCUT2D eigenvalue weighted by Crippen LogP contribution is 2.25. The molecule has 0 radical (unpaired) electrons. The number of benzene rings is 3. The number of nitrogens with one attached hydrogen (secondary N) is 1. The first kappa shape index (κ1) is 28.7. The SMILES string of the molecule is CC(C)(C)c1ccc(OCC(=O)N(Cc2ccccc2Cl)[C@H](Cc2ccccc2)C(=O)NC2CCCC2)cc1. The molecule has 39 heavy (non-hydrogen) atoms. The minimum atomic E-state index is -0.705. The van der Waals surface area contributed by atoms with Gasteiger partial charge in [-0.3, -0.25) is 9.59 Å². The van der Waals surface area contributed by atoms with E-state index in [1.54, 1.807) is 11.0 Å². The summed E-state index contributed by atoms with van der Waals surface area (Å²) in [6, 6.07) is 24.5. The Hall–Kier alpha value is -3.31. The summed E-state index contributed by atoms with van der Waals surface area (Å²) in [6.07, 6.45) is 4.55. The smallest absolute Gasteiger partial charge is 0.261 e. The van der Waals surface area contributed by atoms with Gasteiger partial charge in [-0.05, 0) is 53.1 Å². The van der Waals surface area contributed by atoms with Gasteiger partial charge in [-0.2, -0.15) is 0 Å². The van der Waals surface area contributed by atoms with Gasteiger partial charge < -0.3 is 15.0 Å². The van der Waals surface area contributed by atoms with Crippen LogP contribution in [0.4, 0.5) is 0 Å². The molecule has 206 valence electrons. The van der Waals surface area contributed by atoms with Crippen LogP contribution in [0.25, 0.3) is 0 Å². The van der Waals surface area contributed by atoms with Crippen LogP contribution in [0.3, 0.4) is 0 Å². The van der Waals surface area contributed by atoms with Crippen LogP contribution < -0.4 is 10.1 Å². The maximum absolute atomic E-state index is 13.8. The lowest BCUT2D eigenvalue weighted by atomic mass is 9.87. The van der Waals surface area contributed by atoms with Crippen LogP contribution in [0.1, 0.15) is 63.1 Å². The van der Waals surface area contributed by atoms with Crippen LogP contribution in [-0.2, 0) is 28.0 Å². The van der Waals surface area contributed by atoms with Crippen LogP contribution in [0.2, 0.25) is 5.02 Å². The van der Waals surface area contributed by atoms with Crippen LogP contribution >= 0.6 is 11.6 Å². The number of carbonyl (C=O) groups is 2. The Bertz CT molecular complexity index is 1230. The van der Waals surface area contributed by atoms with Gasteiger partial charge in [0, 0.05) is 24.0 Å². The van der Waals surface area contributed by atoms with Crippen LogP contribution in [0.5, 0.6) is 5.75 Å². The molecule has 0 aromatic heterocycles. The molecule has 0 bridgehead atoms. The average Bonchev–Trinajstić information content (AvgIpc) is 3.43. The van der Waals surface area contributed by atoms with Crippen molar-refractivity contribution < 1.29 is 14.3 Å². The molecule has 0 spiro atoms. The molecular formula is C33H39ClN2O3. The van der Waals surface area contributed by atoms with Crippen molar-refractivity contribution in [1.29, 1.82) is 0 Å². The van der Waals surface area contributed by atoms with Gasteiger partial charge in [0.2, 0.25) is 5.91 Å². The zero-order valence-corrected chi connectivity index (χ0v) is 23.9. The minimum Gasteiger partial charge on any atom is -0.484 e. The van der Waals surface area contributed by atoms with Crippen molar-refractivity contribution in [2.45, 2.75) is 76.9 Å². The summed E-state index contributed by atoms with van der Waals surface area (Å²) in [4.78, 5) is 29.2. The Kier molecular flexibility index (Phi) is 9.68. The van der Waals surface area contributed by atoms with Crippen LogP contribution in [-0.4, -0.2) is 35.4 Å². The summed E-state index contributed by atoms with van der Waals surface area (Å²) in [7, 11) is 0. The number of ether oxygens (including phenoxy) is 1. The monoisotopic (exact) mass is 546 g/mol. The lowest BCUT2D eigenvalue weighted by Crippen LogP contribution is -2.53. The van der Waals surface area contributed by atoms with Crippen molar-refractivity contribution >= 4 is 23.4 Å². The van der Waals surface area contributed by atoms with E-state index in [2.05, 4.69) is 26.1 Å². The van der Waals surface area contributed by atoms with E-state index in [-0.39, 0.29) is 36.4 Å². The van der Waals surface area contributed by atoms with Gasteiger partial charge in [0.1, 0.15) is 11.8 Å². The number of rotatable bonds is 10. The third kappa shape index (κ3) is 8.09. The summed E-state index contributed by atoms with van der Waals surface area (Å²) in [5, 5.41) is 3.78. The number of halogens is 1. The van der Waals surface area contributed by atoms with Crippen LogP contribution in [0, 0.1) is 0 Å². The van der Waals surface area contributed by atoms with Gasteiger partial charge in [-0.1, -0.05) is 106 Å². The summed E-state index contributed by atoms with van der Waals surface area (Å²) in [6.45, 7) is 6.50. The zero-order chi connectivity index (χ0) is 27.8. The second kappa shape index (κ2) is 13.2. The topological polar surface area (TPSA) is 58.6 Å². The third-order valence-corrected chi connectivity index (χ3v) is 7.72. The Morgan fingerprint density at radius 2 is 1.59 bits per heavy atom. The van der Waals surface area contributed by atoms with Crippen molar-refractivity contribution in [3.05, 3.63) is 101 Å². The minimum absolute atomic E-state index is 0.0252. The van der Waals surface area contributed by atoms with E-state index in [9.17, 15) is 9.59 Å². The van der Waals surface area contributed by atoms with Gasteiger partial charge in [0.15, 0.2) is 6.61 Å². The third-order valence-electron chi connectivity index (χ3n) is 7.35. The summed E-state index contributed by atoms with van der Waals surface area (Å²) < 4.78 is 5.94. The van der Waals surface area contributed by atoms with E-state index >= 15 is 0 Å². The van der Waals surface area contributed by atoms with Gasteiger partial charge in [0.05, 0.1) is 0 Å². The highest BCUT2D eigenvalue weighted by Gasteiger charge is 2.32. The Labute approximate surface area is 237 Å². The molecular weight excluding hydrogens is 508 g/mol. The van der Waals surface area contributed by atoms with E-state index < -0.39 is 6.04 Å². The predicted octanol–water partition coefficient (Wildman–Crippen LogP) is 6.72. The Morgan fingerprint density at radius 1 is 0.949 bits per heavy atom. The number of carbonyl (C=O) groups excluding carboxylic acids is 2. The van der Waals surface area contributed by atoms with E-state index in [0.717, 1.165) is 36.8 Å². The van der Waals surface area contributed by atoms with Crippen LogP contribution in [0.15, 0.2) is 78.9 Å². The molecule has 1 aliphatic carbocycles. The molecule has 1 atom stereocenters. The molecule has 3 aromatic rings. The Balaban J connectivity index is 1.59. The summed E-state index contributed by atoms with van der Waals surface area (Å²) in [5.41, 5.74) is 2.98. The fourth-order valence-electron chi connectivity index (χ4n) is 5.01. The highest BCUT2D eigenvalue weighted by molar-refractivity contribution is 6.31.